The average Bonchev–Trinajstić information content (AvgIpc) is 3.36. The Labute approximate surface area is 140 Å². The first kappa shape index (κ1) is 13.7. The summed E-state index contributed by atoms with van der Waals surface area (Å²) in [6.45, 7) is 0.986. The summed E-state index contributed by atoms with van der Waals surface area (Å²) in [4.78, 5) is 8.79. The highest BCUT2D eigenvalue weighted by atomic mass is 15.3. The zero-order chi connectivity index (χ0) is 15.9. The van der Waals surface area contributed by atoms with Crippen LogP contribution in [0, 0.1) is 17.8 Å². The zero-order valence-corrected chi connectivity index (χ0v) is 13.3. The third-order valence-corrected chi connectivity index (χ3v) is 5.30. The van der Waals surface area contributed by atoms with Crippen LogP contribution < -0.4 is 5.32 Å². The van der Waals surface area contributed by atoms with Crippen LogP contribution in [0.15, 0.2) is 55.0 Å². The van der Waals surface area contributed by atoms with E-state index in [0.717, 1.165) is 47.0 Å². The molecular formula is C19H19N5. The number of nitrogens with one attached hydrogen (secondary N) is 1. The molecule has 0 radical (unpaired) electrons. The van der Waals surface area contributed by atoms with Crippen LogP contribution in [0.1, 0.15) is 12.8 Å². The molecule has 5 nitrogen and oxygen atoms in total. The van der Waals surface area contributed by atoms with Gasteiger partial charge in [0.1, 0.15) is 5.82 Å². The fourth-order valence-corrected chi connectivity index (χ4v) is 4.07. The van der Waals surface area contributed by atoms with Gasteiger partial charge in [0, 0.05) is 36.6 Å². The summed E-state index contributed by atoms with van der Waals surface area (Å²) in [6.07, 6.45) is 12.8. The minimum Gasteiger partial charge on any atom is -0.370 e. The molecule has 3 aromatic rings. The molecule has 1 saturated carbocycles. The predicted molar refractivity (Wildman–Crippen MR) is 93.6 cm³/mol. The lowest BCUT2D eigenvalue weighted by atomic mass is 9.94. The van der Waals surface area contributed by atoms with E-state index >= 15 is 0 Å². The topological polar surface area (TPSA) is 55.1 Å². The molecule has 1 fully saturated rings. The monoisotopic (exact) mass is 317 g/mol. The zero-order valence-electron chi connectivity index (χ0n) is 13.3. The van der Waals surface area contributed by atoms with E-state index in [4.69, 9.17) is 4.98 Å². The number of hydrogen-bond acceptors (Lipinski definition) is 4. The first-order valence-electron chi connectivity index (χ1n) is 8.54. The third-order valence-electron chi connectivity index (χ3n) is 5.30. The molecule has 0 spiro atoms. The van der Waals surface area contributed by atoms with Gasteiger partial charge in [-0.15, -0.1) is 0 Å². The largest absolute Gasteiger partial charge is 0.370 e. The van der Waals surface area contributed by atoms with Gasteiger partial charge in [-0.2, -0.15) is 9.61 Å². The van der Waals surface area contributed by atoms with Crippen LogP contribution in [0.5, 0.6) is 0 Å². The number of fused-ring (bicyclic) bond motifs is 3. The number of allylic oxidation sites excluding steroid dienone is 2. The lowest BCUT2D eigenvalue weighted by Crippen LogP contribution is -2.19. The summed E-state index contributed by atoms with van der Waals surface area (Å²) in [5.74, 6) is 3.28. The van der Waals surface area contributed by atoms with Gasteiger partial charge in [0.2, 0.25) is 0 Å². The fraction of sp³-hybridized carbons (Fsp3) is 0.316. The quantitative estimate of drug-likeness (QED) is 0.749. The highest BCUT2D eigenvalue weighted by Gasteiger charge is 2.35. The van der Waals surface area contributed by atoms with Crippen LogP contribution in [0.4, 0.5) is 5.82 Å². The van der Waals surface area contributed by atoms with Crippen molar-refractivity contribution in [2.75, 3.05) is 11.9 Å². The molecule has 5 heteroatoms. The van der Waals surface area contributed by atoms with Gasteiger partial charge >= 0.3 is 0 Å². The van der Waals surface area contributed by atoms with Gasteiger partial charge in [-0.3, -0.25) is 4.98 Å². The predicted octanol–water partition coefficient (Wildman–Crippen LogP) is 3.42. The van der Waals surface area contributed by atoms with Crippen molar-refractivity contribution in [3.05, 3.63) is 55.0 Å². The van der Waals surface area contributed by atoms with E-state index in [1.54, 1.807) is 18.6 Å². The number of pyridine rings is 1. The summed E-state index contributed by atoms with van der Waals surface area (Å²) in [7, 11) is 0. The Hall–Kier alpha value is -2.69. The van der Waals surface area contributed by atoms with Gasteiger partial charge < -0.3 is 5.32 Å². The van der Waals surface area contributed by atoms with Crippen molar-refractivity contribution in [3.8, 4) is 11.3 Å². The number of anilines is 1. The van der Waals surface area contributed by atoms with Gasteiger partial charge in [0.15, 0.2) is 5.65 Å². The molecule has 0 aromatic carbocycles. The molecule has 24 heavy (non-hydrogen) atoms. The highest BCUT2D eigenvalue weighted by Crippen LogP contribution is 2.43. The molecule has 2 bridgehead atoms. The van der Waals surface area contributed by atoms with E-state index in [-0.39, 0.29) is 0 Å². The van der Waals surface area contributed by atoms with Crippen LogP contribution in [-0.2, 0) is 0 Å². The third kappa shape index (κ3) is 2.28. The normalized spacial score (nSPS) is 24.8. The van der Waals surface area contributed by atoms with E-state index in [9.17, 15) is 0 Å². The second-order valence-corrected chi connectivity index (χ2v) is 6.78. The van der Waals surface area contributed by atoms with Crippen molar-refractivity contribution in [1.82, 2.24) is 19.6 Å². The van der Waals surface area contributed by atoms with Gasteiger partial charge in [0.25, 0.3) is 0 Å². The maximum absolute atomic E-state index is 4.71. The molecule has 2 aliphatic carbocycles. The second kappa shape index (κ2) is 5.44. The molecule has 3 atom stereocenters. The van der Waals surface area contributed by atoms with Crippen LogP contribution >= 0.6 is 0 Å². The van der Waals surface area contributed by atoms with Gasteiger partial charge in [-0.25, -0.2) is 4.98 Å². The Balaban J connectivity index is 1.46. The maximum atomic E-state index is 4.71. The lowest BCUT2D eigenvalue weighted by molar-refractivity contribution is 0.471. The summed E-state index contributed by atoms with van der Waals surface area (Å²) in [6, 6.07) is 7.99. The standard InChI is InChI=1S/C19H19N5/c1-2-15-9-13(1)10-16(15)12-21-19-11-17(14-3-6-20-7-4-14)23-18-5-8-22-24(18)19/h1-8,11,13,15-16,21H,9-10,12H2/t13-,15+,16+/m1/s1. The number of rotatable bonds is 4. The van der Waals surface area contributed by atoms with E-state index in [0.29, 0.717) is 0 Å². The molecule has 0 unspecified atom stereocenters. The number of aromatic nitrogens is 4. The van der Waals surface area contributed by atoms with Crippen LogP contribution in [0.25, 0.3) is 16.9 Å². The fourth-order valence-electron chi connectivity index (χ4n) is 4.07. The van der Waals surface area contributed by atoms with Crippen molar-refractivity contribution in [3.63, 3.8) is 0 Å². The molecule has 3 heterocycles. The molecule has 0 saturated heterocycles. The first-order valence-corrected chi connectivity index (χ1v) is 8.54. The van der Waals surface area contributed by atoms with Gasteiger partial charge in [-0.1, -0.05) is 12.2 Å². The minimum atomic E-state index is 0.725. The smallest absolute Gasteiger partial charge is 0.157 e. The highest BCUT2D eigenvalue weighted by molar-refractivity contribution is 5.65. The second-order valence-electron chi connectivity index (χ2n) is 6.78. The van der Waals surface area contributed by atoms with Crippen molar-refractivity contribution < 1.29 is 0 Å². The number of hydrogen-bond donors (Lipinski definition) is 1. The van der Waals surface area contributed by atoms with E-state index in [1.165, 1.54) is 12.8 Å². The summed E-state index contributed by atoms with van der Waals surface area (Å²) in [5.41, 5.74) is 2.87. The Bertz CT molecular complexity index is 899. The summed E-state index contributed by atoms with van der Waals surface area (Å²) >= 11 is 0. The van der Waals surface area contributed by atoms with E-state index < -0.39 is 0 Å². The van der Waals surface area contributed by atoms with Crippen molar-refractivity contribution in [2.24, 2.45) is 17.8 Å². The SMILES string of the molecule is C1=C[C@H]2C[C@@H]1C[C@H]2CNc1cc(-c2ccncc2)nc2ccnn12. The average molecular weight is 317 g/mol. The van der Waals surface area contributed by atoms with Crippen molar-refractivity contribution in [2.45, 2.75) is 12.8 Å². The Morgan fingerprint density at radius 3 is 2.79 bits per heavy atom. The van der Waals surface area contributed by atoms with Crippen molar-refractivity contribution >= 4 is 11.5 Å². The Kier molecular flexibility index (Phi) is 3.11. The lowest BCUT2D eigenvalue weighted by Gasteiger charge is -2.19. The maximum Gasteiger partial charge on any atom is 0.157 e. The van der Waals surface area contributed by atoms with Crippen LogP contribution in [-0.4, -0.2) is 26.1 Å². The van der Waals surface area contributed by atoms with E-state index in [1.807, 2.05) is 22.7 Å². The van der Waals surface area contributed by atoms with Gasteiger partial charge in [-0.05, 0) is 42.7 Å². The molecule has 0 amide bonds. The van der Waals surface area contributed by atoms with Crippen LogP contribution in [0.3, 0.4) is 0 Å². The van der Waals surface area contributed by atoms with E-state index in [2.05, 4.69) is 33.6 Å². The molecule has 5 rings (SSSR count). The Morgan fingerprint density at radius 1 is 1.08 bits per heavy atom. The van der Waals surface area contributed by atoms with Crippen LogP contribution in [0.2, 0.25) is 0 Å². The molecule has 120 valence electrons. The minimum absolute atomic E-state index is 0.725. The van der Waals surface area contributed by atoms with Gasteiger partial charge in [0.05, 0.1) is 11.9 Å². The molecule has 1 N–H and O–H groups in total. The summed E-state index contributed by atoms with van der Waals surface area (Å²) < 4.78 is 1.88. The molecule has 3 aromatic heterocycles. The van der Waals surface area contributed by atoms with Crippen molar-refractivity contribution in [1.29, 1.82) is 0 Å². The number of nitrogens with zero attached hydrogens (tertiary/aromatic N) is 4. The molecule has 0 aliphatic heterocycles. The first-order chi connectivity index (χ1) is 11.9. The summed E-state index contributed by atoms with van der Waals surface area (Å²) in [5, 5.41) is 8.03. The molecule has 2 aliphatic rings. The Morgan fingerprint density at radius 2 is 2.00 bits per heavy atom. The molecular weight excluding hydrogens is 298 g/mol.